The Bertz CT molecular complexity index is 328. The standard InChI is InChI=1S/C11H24N2O2S2/c1-4-12-6-10-17(14,15)13-7-5-11(2,3)16-9-8-13/h12H,4-10H2,1-3H3. The molecule has 0 saturated carbocycles. The summed E-state index contributed by atoms with van der Waals surface area (Å²) in [6.45, 7) is 9.04. The van der Waals surface area contributed by atoms with Crippen LogP contribution < -0.4 is 5.32 Å². The predicted octanol–water partition coefficient (Wildman–Crippen LogP) is 1.14. The Hall–Kier alpha value is 0.220. The Balaban J connectivity index is 2.54. The Morgan fingerprint density at radius 2 is 2.06 bits per heavy atom. The topological polar surface area (TPSA) is 49.4 Å². The highest BCUT2D eigenvalue weighted by Gasteiger charge is 2.29. The van der Waals surface area contributed by atoms with Gasteiger partial charge in [0.1, 0.15) is 0 Å². The molecule has 0 spiro atoms. The largest absolute Gasteiger partial charge is 0.316 e. The summed E-state index contributed by atoms with van der Waals surface area (Å²) in [5, 5.41) is 3.06. The molecule has 0 aromatic carbocycles. The van der Waals surface area contributed by atoms with Gasteiger partial charge >= 0.3 is 0 Å². The molecule has 1 aliphatic heterocycles. The zero-order valence-corrected chi connectivity index (χ0v) is 12.7. The van der Waals surface area contributed by atoms with Crippen LogP contribution in [0.1, 0.15) is 27.2 Å². The molecule has 4 nitrogen and oxygen atoms in total. The van der Waals surface area contributed by atoms with Crippen molar-refractivity contribution in [2.45, 2.75) is 31.9 Å². The first-order valence-electron chi connectivity index (χ1n) is 6.20. The van der Waals surface area contributed by atoms with Crippen molar-refractivity contribution in [1.29, 1.82) is 0 Å². The van der Waals surface area contributed by atoms with E-state index in [0.717, 1.165) is 18.7 Å². The van der Waals surface area contributed by atoms with E-state index in [1.54, 1.807) is 4.31 Å². The van der Waals surface area contributed by atoms with Gasteiger partial charge in [0.2, 0.25) is 10.0 Å². The Morgan fingerprint density at radius 3 is 2.71 bits per heavy atom. The SMILES string of the molecule is CCNCCS(=O)(=O)N1CCSC(C)(C)CC1. The predicted molar refractivity (Wildman–Crippen MR) is 75.1 cm³/mol. The molecule has 102 valence electrons. The minimum Gasteiger partial charge on any atom is -0.316 e. The molecule has 0 atom stereocenters. The zero-order valence-electron chi connectivity index (χ0n) is 11.0. The molecule has 0 amide bonds. The molecule has 6 heteroatoms. The van der Waals surface area contributed by atoms with E-state index >= 15 is 0 Å². The number of thioether (sulfide) groups is 1. The van der Waals surface area contributed by atoms with E-state index in [9.17, 15) is 8.42 Å². The summed E-state index contributed by atoms with van der Waals surface area (Å²) >= 11 is 1.87. The van der Waals surface area contributed by atoms with Gasteiger partial charge in [-0.1, -0.05) is 20.8 Å². The third-order valence-corrected chi connectivity index (χ3v) is 6.22. The lowest BCUT2D eigenvalue weighted by Crippen LogP contribution is -2.38. The van der Waals surface area contributed by atoms with Crippen LogP contribution >= 0.6 is 11.8 Å². The Labute approximate surface area is 110 Å². The Kier molecular flexibility index (Phi) is 5.76. The number of nitrogens with zero attached hydrogens (tertiary/aromatic N) is 1. The lowest BCUT2D eigenvalue weighted by Gasteiger charge is -2.22. The van der Waals surface area contributed by atoms with Crippen LogP contribution in [0.3, 0.4) is 0 Å². The van der Waals surface area contributed by atoms with Crippen LogP contribution in [0.4, 0.5) is 0 Å². The number of sulfonamides is 1. The van der Waals surface area contributed by atoms with E-state index in [1.165, 1.54) is 0 Å². The van der Waals surface area contributed by atoms with Gasteiger partial charge in [0.15, 0.2) is 0 Å². The molecule has 0 aliphatic carbocycles. The summed E-state index contributed by atoms with van der Waals surface area (Å²) in [7, 11) is -3.07. The van der Waals surface area contributed by atoms with Gasteiger partial charge in [0, 0.05) is 30.1 Å². The van der Waals surface area contributed by atoms with Gasteiger partial charge in [-0.15, -0.1) is 0 Å². The molecule has 0 radical (unpaired) electrons. The van der Waals surface area contributed by atoms with Crippen molar-refractivity contribution in [3.05, 3.63) is 0 Å². The van der Waals surface area contributed by atoms with Crippen LogP contribution in [-0.4, -0.2) is 55.2 Å². The normalized spacial score (nSPS) is 22.3. The van der Waals surface area contributed by atoms with E-state index in [-0.39, 0.29) is 10.5 Å². The summed E-state index contributed by atoms with van der Waals surface area (Å²) in [6.07, 6.45) is 0.929. The second-order valence-electron chi connectivity index (χ2n) is 4.93. The quantitative estimate of drug-likeness (QED) is 0.767. The molecule has 1 heterocycles. The van der Waals surface area contributed by atoms with Crippen molar-refractivity contribution in [3.63, 3.8) is 0 Å². The van der Waals surface area contributed by atoms with Gasteiger partial charge < -0.3 is 5.32 Å². The van der Waals surface area contributed by atoms with Crippen molar-refractivity contribution >= 4 is 21.8 Å². The van der Waals surface area contributed by atoms with Gasteiger partial charge in [0.25, 0.3) is 0 Å². The van der Waals surface area contributed by atoms with E-state index in [1.807, 2.05) is 18.7 Å². The van der Waals surface area contributed by atoms with Crippen molar-refractivity contribution < 1.29 is 8.42 Å². The maximum absolute atomic E-state index is 12.1. The highest BCUT2D eigenvalue weighted by atomic mass is 32.2. The first-order chi connectivity index (χ1) is 7.87. The van der Waals surface area contributed by atoms with Crippen LogP contribution in [0.2, 0.25) is 0 Å². The zero-order chi connectivity index (χ0) is 12.9. The maximum atomic E-state index is 12.1. The first kappa shape index (κ1) is 15.3. The molecule has 1 N–H and O–H groups in total. The molecule has 1 fully saturated rings. The average Bonchev–Trinajstić information content (AvgIpc) is 2.40. The molecule has 17 heavy (non-hydrogen) atoms. The Morgan fingerprint density at radius 1 is 1.35 bits per heavy atom. The van der Waals surface area contributed by atoms with Gasteiger partial charge in [0.05, 0.1) is 5.75 Å². The highest BCUT2D eigenvalue weighted by molar-refractivity contribution is 8.00. The van der Waals surface area contributed by atoms with Crippen LogP contribution in [-0.2, 0) is 10.0 Å². The molecule has 1 aliphatic rings. The van der Waals surface area contributed by atoms with E-state index in [2.05, 4.69) is 19.2 Å². The highest BCUT2D eigenvalue weighted by Crippen LogP contribution is 2.31. The van der Waals surface area contributed by atoms with Crippen molar-refractivity contribution in [1.82, 2.24) is 9.62 Å². The third kappa shape index (κ3) is 5.16. The van der Waals surface area contributed by atoms with Crippen molar-refractivity contribution in [3.8, 4) is 0 Å². The minimum atomic E-state index is -3.07. The molecular weight excluding hydrogens is 256 g/mol. The first-order valence-corrected chi connectivity index (χ1v) is 8.79. The van der Waals surface area contributed by atoms with E-state index in [0.29, 0.717) is 19.6 Å². The lowest BCUT2D eigenvalue weighted by atomic mass is 10.1. The van der Waals surface area contributed by atoms with Gasteiger partial charge in [-0.3, -0.25) is 0 Å². The fourth-order valence-electron chi connectivity index (χ4n) is 1.79. The fraction of sp³-hybridized carbons (Fsp3) is 1.00. The number of hydrogen-bond acceptors (Lipinski definition) is 4. The third-order valence-electron chi connectivity index (χ3n) is 2.98. The summed E-state index contributed by atoms with van der Waals surface area (Å²) in [4.78, 5) is 0. The van der Waals surface area contributed by atoms with Gasteiger partial charge in [-0.05, 0) is 13.0 Å². The van der Waals surface area contributed by atoms with E-state index < -0.39 is 10.0 Å². The summed E-state index contributed by atoms with van der Waals surface area (Å²) < 4.78 is 26.1. The smallest absolute Gasteiger partial charge is 0.215 e. The summed E-state index contributed by atoms with van der Waals surface area (Å²) in [5.74, 6) is 1.11. The monoisotopic (exact) mass is 280 g/mol. The molecule has 0 bridgehead atoms. The van der Waals surface area contributed by atoms with Crippen molar-refractivity contribution in [2.75, 3.05) is 37.7 Å². The molecule has 1 rings (SSSR count). The van der Waals surface area contributed by atoms with Crippen LogP contribution in [0.25, 0.3) is 0 Å². The van der Waals surface area contributed by atoms with Crippen LogP contribution in [0, 0.1) is 0 Å². The lowest BCUT2D eigenvalue weighted by molar-refractivity contribution is 0.414. The van der Waals surface area contributed by atoms with Gasteiger partial charge in [-0.25, -0.2) is 12.7 Å². The summed E-state index contributed by atoms with van der Waals surface area (Å²) in [6, 6.07) is 0. The molecule has 0 aromatic heterocycles. The second kappa shape index (κ2) is 6.41. The van der Waals surface area contributed by atoms with Gasteiger partial charge in [-0.2, -0.15) is 11.8 Å². The number of rotatable bonds is 5. The maximum Gasteiger partial charge on any atom is 0.215 e. The number of nitrogens with one attached hydrogen (secondary N) is 1. The van der Waals surface area contributed by atoms with Crippen LogP contribution in [0.5, 0.6) is 0 Å². The fourth-order valence-corrected chi connectivity index (χ4v) is 4.40. The second-order valence-corrected chi connectivity index (χ2v) is 8.82. The molecular formula is C11H24N2O2S2. The van der Waals surface area contributed by atoms with Crippen molar-refractivity contribution in [2.24, 2.45) is 0 Å². The molecule has 1 saturated heterocycles. The minimum absolute atomic E-state index is 0.200. The van der Waals surface area contributed by atoms with E-state index in [4.69, 9.17) is 0 Å². The molecule has 0 aromatic rings. The van der Waals surface area contributed by atoms with Crippen LogP contribution in [0.15, 0.2) is 0 Å². The summed E-state index contributed by atoms with van der Waals surface area (Å²) in [5.41, 5.74) is 0. The molecule has 0 unspecified atom stereocenters. The number of hydrogen-bond donors (Lipinski definition) is 1. The average molecular weight is 280 g/mol.